The smallest absolute Gasteiger partial charge is 0.260 e. The van der Waals surface area contributed by atoms with E-state index < -0.39 is 0 Å². The SMILES string of the molecule is O=C(CCCCl)Nc1ccccc1-c1nc(-c2ccccn2)no1. The van der Waals surface area contributed by atoms with Crippen molar-refractivity contribution in [3.63, 3.8) is 0 Å². The monoisotopic (exact) mass is 342 g/mol. The molecule has 7 heteroatoms. The van der Waals surface area contributed by atoms with E-state index in [4.69, 9.17) is 16.1 Å². The van der Waals surface area contributed by atoms with Gasteiger partial charge in [-0.25, -0.2) is 0 Å². The van der Waals surface area contributed by atoms with Crippen LogP contribution in [0.1, 0.15) is 12.8 Å². The Balaban J connectivity index is 1.85. The van der Waals surface area contributed by atoms with E-state index in [1.165, 1.54) is 0 Å². The fourth-order valence-electron chi connectivity index (χ4n) is 2.15. The van der Waals surface area contributed by atoms with Gasteiger partial charge < -0.3 is 9.84 Å². The number of hydrogen-bond acceptors (Lipinski definition) is 5. The third-order valence-corrected chi connectivity index (χ3v) is 3.56. The van der Waals surface area contributed by atoms with E-state index in [9.17, 15) is 4.79 Å². The minimum atomic E-state index is -0.104. The molecule has 6 nitrogen and oxygen atoms in total. The van der Waals surface area contributed by atoms with Gasteiger partial charge in [0.25, 0.3) is 5.89 Å². The Bertz CT molecular complexity index is 820. The molecule has 122 valence electrons. The van der Waals surface area contributed by atoms with Crippen molar-refractivity contribution in [1.82, 2.24) is 15.1 Å². The molecule has 0 aliphatic heterocycles. The lowest BCUT2D eigenvalue weighted by Gasteiger charge is -2.07. The zero-order valence-electron chi connectivity index (χ0n) is 12.8. The zero-order valence-corrected chi connectivity index (χ0v) is 13.5. The molecule has 1 amide bonds. The lowest BCUT2D eigenvalue weighted by Crippen LogP contribution is -2.12. The average Bonchev–Trinajstić information content (AvgIpc) is 3.11. The van der Waals surface area contributed by atoms with Crippen LogP contribution in [0.5, 0.6) is 0 Å². The van der Waals surface area contributed by atoms with E-state index >= 15 is 0 Å². The Morgan fingerprint density at radius 2 is 2.00 bits per heavy atom. The number of aromatic nitrogens is 3. The molecule has 0 aliphatic carbocycles. The molecule has 0 fully saturated rings. The van der Waals surface area contributed by atoms with Crippen LogP contribution in [-0.2, 0) is 4.79 Å². The highest BCUT2D eigenvalue weighted by atomic mass is 35.5. The van der Waals surface area contributed by atoms with Gasteiger partial charge in [0.05, 0.1) is 11.3 Å². The molecule has 2 heterocycles. The molecule has 0 radical (unpaired) electrons. The molecular formula is C17H15ClN4O2. The molecule has 0 bridgehead atoms. The molecule has 2 aromatic heterocycles. The number of pyridine rings is 1. The first-order chi connectivity index (χ1) is 11.8. The topological polar surface area (TPSA) is 80.9 Å². The predicted molar refractivity (Wildman–Crippen MR) is 91.5 cm³/mol. The number of carbonyl (C=O) groups excluding carboxylic acids is 1. The number of para-hydroxylation sites is 1. The Morgan fingerprint density at radius 1 is 1.17 bits per heavy atom. The summed E-state index contributed by atoms with van der Waals surface area (Å²) in [6.07, 6.45) is 2.65. The van der Waals surface area contributed by atoms with Crippen LogP contribution in [-0.4, -0.2) is 26.9 Å². The first-order valence-corrected chi connectivity index (χ1v) is 8.01. The van der Waals surface area contributed by atoms with Gasteiger partial charge in [0.1, 0.15) is 5.69 Å². The number of nitrogens with zero attached hydrogens (tertiary/aromatic N) is 3. The van der Waals surface area contributed by atoms with E-state index in [0.717, 1.165) is 0 Å². The maximum atomic E-state index is 11.9. The quantitative estimate of drug-likeness (QED) is 0.690. The van der Waals surface area contributed by atoms with Crippen molar-refractivity contribution in [2.75, 3.05) is 11.2 Å². The normalized spacial score (nSPS) is 10.5. The van der Waals surface area contributed by atoms with Crippen LogP contribution in [0.2, 0.25) is 0 Å². The van der Waals surface area contributed by atoms with Gasteiger partial charge in [0.15, 0.2) is 0 Å². The standard InChI is InChI=1S/C17H15ClN4O2/c18-10-5-9-15(23)20-13-7-2-1-6-12(13)17-21-16(22-24-17)14-8-3-4-11-19-14/h1-4,6-8,11H,5,9-10H2,(H,20,23). The van der Waals surface area contributed by atoms with Crippen molar-refractivity contribution in [3.8, 4) is 23.0 Å². The minimum Gasteiger partial charge on any atom is -0.333 e. The Morgan fingerprint density at radius 3 is 2.79 bits per heavy atom. The first kappa shape index (κ1) is 16.1. The molecule has 0 atom stereocenters. The molecule has 0 saturated heterocycles. The van der Waals surface area contributed by atoms with E-state index in [1.54, 1.807) is 18.3 Å². The lowest BCUT2D eigenvalue weighted by molar-refractivity contribution is -0.116. The molecule has 0 aliphatic rings. The third kappa shape index (κ3) is 3.78. The second-order valence-corrected chi connectivity index (χ2v) is 5.40. The van der Waals surface area contributed by atoms with E-state index in [0.29, 0.717) is 47.4 Å². The van der Waals surface area contributed by atoms with Gasteiger partial charge in [-0.2, -0.15) is 4.98 Å². The van der Waals surface area contributed by atoms with Crippen LogP contribution in [0, 0.1) is 0 Å². The van der Waals surface area contributed by atoms with Crippen molar-refractivity contribution in [2.24, 2.45) is 0 Å². The lowest BCUT2D eigenvalue weighted by atomic mass is 10.1. The Hall–Kier alpha value is -2.73. The number of hydrogen-bond donors (Lipinski definition) is 1. The van der Waals surface area contributed by atoms with Gasteiger partial charge in [-0.05, 0) is 30.7 Å². The van der Waals surface area contributed by atoms with Crippen molar-refractivity contribution in [3.05, 3.63) is 48.7 Å². The fourth-order valence-corrected chi connectivity index (χ4v) is 2.28. The molecule has 0 unspecified atom stereocenters. The Labute approximate surface area is 143 Å². The van der Waals surface area contributed by atoms with Crippen LogP contribution in [0.4, 0.5) is 5.69 Å². The molecule has 1 N–H and O–H groups in total. The van der Waals surface area contributed by atoms with Crippen molar-refractivity contribution in [2.45, 2.75) is 12.8 Å². The van der Waals surface area contributed by atoms with Gasteiger partial charge in [-0.1, -0.05) is 23.4 Å². The highest BCUT2D eigenvalue weighted by Gasteiger charge is 2.15. The van der Waals surface area contributed by atoms with Gasteiger partial charge >= 0.3 is 0 Å². The number of amides is 1. The summed E-state index contributed by atoms with van der Waals surface area (Å²) >= 11 is 5.62. The Kier molecular flexibility index (Phi) is 5.18. The third-order valence-electron chi connectivity index (χ3n) is 3.29. The first-order valence-electron chi connectivity index (χ1n) is 7.48. The number of anilines is 1. The number of rotatable bonds is 6. The molecule has 24 heavy (non-hydrogen) atoms. The van der Waals surface area contributed by atoms with Crippen molar-refractivity contribution >= 4 is 23.2 Å². The van der Waals surface area contributed by atoms with Crippen LogP contribution in [0.3, 0.4) is 0 Å². The van der Waals surface area contributed by atoms with Gasteiger partial charge in [0.2, 0.25) is 11.7 Å². The number of alkyl halides is 1. The van der Waals surface area contributed by atoms with Gasteiger partial charge in [-0.3, -0.25) is 9.78 Å². The molecule has 3 rings (SSSR count). The molecule has 0 spiro atoms. The maximum absolute atomic E-state index is 11.9. The average molecular weight is 343 g/mol. The summed E-state index contributed by atoms with van der Waals surface area (Å²) in [5.74, 6) is 1.07. The van der Waals surface area contributed by atoms with Crippen molar-refractivity contribution < 1.29 is 9.32 Å². The van der Waals surface area contributed by atoms with Gasteiger partial charge in [0, 0.05) is 18.5 Å². The minimum absolute atomic E-state index is 0.104. The summed E-state index contributed by atoms with van der Waals surface area (Å²) in [6.45, 7) is 0. The number of halogens is 1. The molecular weight excluding hydrogens is 328 g/mol. The summed E-state index contributed by atoms with van der Waals surface area (Å²) in [5.41, 5.74) is 1.90. The predicted octanol–water partition coefficient (Wildman–Crippen LogP) is 3.76. The maximum Gasteiger partial charge on any atom is 0.260 e. The van der Waals surface area contributed by atoms with Crippen molar-refractivity contribution in [1.29, 1.82) is 0 Å². The fraction of sp³-hybridized carbons (Fsp3) is 0.176. The summed E-state index contributed by atoms with van der Waals surface area (Å²) in [6, 6.07) is 12.7. The summed E-state index contributed by atoms with van der Waals surface area (Å²) < 4.78 is 5.33. The van der Waals surface area contributed by atoms with Crippen LogP contribution in [0.25, 0.3) is 23.0 Å². The molecule has 1 aromatic carbocycles. The van der Waals surface area contributed by atoms with Crippen LogP contribution in [0.15, 0.2) is 53.2 Å². The highest BCUT2D eigenvalue weighted by Crippen LogP contribution is 2.28. The summed E-state index contributed by atoms with van der Waals surface area (Å²) in [4.78, 5) is 20.5. The molecule has 0 saturated carbocycles. The second kappa shape index (κ2) is 7.70. The van der Waals surface area contributed by atoms with Crippen LogP contribution < -0.4 is 5.32 Å². The summed E-state index contributed by atoms with van der Waals surface area (Å²) in [5, 5.41) is 6.81. The largest absolute Gasteiger partial charge is 0.333 e. The zero-order chi connectivity index (χ0) is 16.8. The van der Waals surface area contributed by atoms with Gasteiger partial charge in [-0.15, -0.1) is 11.6 Å². The molecule has 3 aromatic rings. The second-order valence-electron chi connectivity index (χ2n) is 5.02. The number of benzene rings is 1. The number of nitrogens with one attached hydrogen (secondary N) is 1. The summed E-state index contributed by atoms with van der Waals surface area (Å²) in [7, 11) is 0. The van der Waals surface area contributed by atoms with E-state index in [2.05, 4.69) is 20.4 Å². The number of carbonyl (C=O) groups is 1. The highest BCUT2D eigenvalue weighted by molar-refractivity contribution is 6.18. The van der Waals surface area contributed by atoms with E-state index in [1.807, 2.05) is 30.3 Å². The van der Waals surface area contributed by atoms with E-state index in [-0.39, 0.29) is 5.91 Å². The van der Waals surface area contributed by atoms with Crippen LogP contribution >= 0.6 is 11.6 Å².